The van der Waals surface area contributed by atoms with Crippen molar-refractivity contribution < 1.29 is 14.3 Å². The molecule has 0 spiro atoms. The Kier molecular flexibility index (Phi) is 7.33. The van der Waals surface area contributed by atoms with Crippen molar-refractivity contribution in [3.05, 3.63) is 89.1 Å². The number of allylic oxidation sites excluding steroid dienone is 1. The summed E-state index contributed by atoms with van der Waals surface area (Å²) < 4.78 is 5.67. The largest absolute Gasteiger partial charge is 0.462 e. The third kappa shape index (κ3) is 5.27. The Balaban J connectivity index is 1.48. The van der Waals surface area contributed by atoms with E-state index in [1.165, 1.54) is 0 Å². The van der Waals surface area contributed by atoms with Crippen molar-refractivity contribution in [2.45, 2.75) is 33.2 Å². The molecule has 0 radical (unpaired) electrons. The number of fused-ring (bicyclic) bond motifs is 2. The number of nitrogens with zero attached hydrogens (tertiary/aromatic N) is 2. The van der Waals surface area contributed by atoms with E-state index >= 15 is 0 Å². The molecule has 1 N–H and O–H groups in total. The smallest absolute Gasteiger partial charge is 0.338 e. The molecule has 0 aromatic heterocycles. The highest BCUT2D eigenvalue weighted by Crippen LogP contribution is 2.40. The number of rotatable bonds is 6. The second-order valence-electron chi connectivity index (χ2n) is 9.79. The number of benzene rings is 3. The molecule has 0 saturated carbocycles. The van der Waals surface area contributed by atoms with Crippen molar-refractivity contribution in [2.75, 3.05) is 24.2 Å². The molecule has 1 saturated heterocycles. The molecule has 1 fully saturated rings. The van der Waals surface area contributed by atoms with Crippen LogP contribution >= 0.6 is 11.8 Å². The third-order valence-electron chi connectivity index (χ3n) is 6.52. The molecule has 7 heteroatoms. The van der Waals surface area contributed by atoms with Crippen LogP contribution in [0.4, 0.5) is 5.69 Å². The monoisotopic (exact) mass is 513 g/mol. The fraction of sp³-hybridized carbons (Fsp3) is 0.300. The van der Waals surface area contributed by atoms with Gasteiger partial charge in [-0.05, 0) is 53.8 Å². The molecule has 2 aliphatic rings. The van der Waals surface area contributed by atoms with Gasteiger partial charge in [0.2, 0.25) is 0 Å². The minimum atomic E-state index is -0.334. The zero-order valence-electron chi connectivity index (χ0n) is 21.4. The molecule has 37 heavy (non-hydrogen) atoms. The molecule has 6 nitrogen and oxygen atoms in total. The first-order chi connectivity index (χ1) is 17.9. The lowest BCUT2D eigenvalue weighted by Crippen LogP contribution is -2.42. The standard InChI is InChI=1S/C30H31N3O3S/c1-19(2)18-36-29(35)26-20(3)31-30-33(15-8-16-37-30)27(26)22-11-6-12-23(17-22)32-28(34)25-14-7-10-21-9-4-5-13-24(21)25/h4-7,9-14,17,19,27H,8,15-16,18H2,1-3H3,(H,32,34). The Hall–Kier alpha value is -3.58. The summed E-state index contributed by atoms with van der Waals surface area (Å²) >= 11 is 1.71. The maximum absolute atomic E-state index is 13.3. The lowest BCUT2D eigenvalue weighted by molar-refractivity contribution is -0.140. The summed E-state index contributed by atoms with van der Waals surface area (Å²) in [5, 5.41) is 5.93. The van der Waals surface area contributed by atoms with Crippen LogP contribution in [0.25, 0.3) is 10.8 Å². The number of amides is 1. The van der Waals surface area contributed by atoms with E-state index in [1.54, 1.807) is 11.8 Å². The van der Waals surface area contributed by atoms with Gasteiger partial charge in [0.25, 0.3) is 5.91 Å². The molecule has 1 amide bonds. The first-order valence-electron chi connectivity index (χ1n) is 12.7. The summed E-state index contributed by atoms with van der Waals surface area (Å²) in [6.07, 6.45) is 1.01. The Morgan fingerprint density at radius 3 is 2.73 bits per heavy atom. The Morgan fingerprint density at radius 1 is 1.11 bits per heavy atom. The van der Waals surface area contributed by atoms with E-state index in [1.807, 2.05) is 87.5 Å². The number of thioether (sulfide) groups is 1. The first kappa shape index (κ1) is 25.1. The van der Waals surface area contributed by atoms with Crippen molar-refractivity contribution in [3.63, 3.8) is 0 Å². The van der Waals surface area contributed by atoms with Gasteiger partial charge in [-0.1, -0.05) is 74.1 Å². The lowest BCUT2D eigenvalue weighted by Gasteiger charge is -2.40. The molecule has 1 atom stereocenters. The van der Waals surface area contributed by atoms with Crippen LogP contribution in [0.3, 0.4) is 0 Å². The van der Waals surface area contributed by atoms with Gasteiger partial charge >= 0.3 is 5.97 Å². The molecule has 0 aliphatic carbocycles. The predicted octanol–water partition coefficient (Wildman–Crippen LogP) is 6.41. The maximum atomic E-state index is 13.3. The van der Waals surface area contributed by atoms with Crippen molar-refractivity contribution in [3.8, 4) is 0 Å². The highest BCUT2D eigenvalue weighted by molar-refractivity contribution is 8.13. The van der Waals surface area contributed by atoms with Crippen LogP contribution in [-0.2, 0) is 9.53 Å². The number of carbonyl (C=O) groups excluding carboxylic acids is 2. The summed E-state index contributed by atoms with van der Waals surface area (Å²) in [6, 6.07) is 21.0. The number of hydrogen-bond acceptors (Lipinski definition) is 6. The first-order valence-corrected chi connectivity index (χ1v) is 13.7. The van der Waals surface area contributed by atoms with E-state index in [0.29, 0.717) is 29.1 Å². The highest BCUT2D eigenvalue weighted by atomic mass is 32.2. The molecule has 2 heterocycles. The Labute approximate surface area is 221 Å². The normalized spacial score (nSPS) is 17.5. The average Bonchev–Trinajstić information content (AvgIpc) is 2.90. The number of aliphatic imine (C=N–C) groups is 1. The van der Waals surface area contributed by atoms with E-state index in [4.69, 9.17) is 9.73 Å². The number of anilines is 1. The van der Waals surface area contributed by atoms with Gasteiger partial charge in [-0.2, -0.15) is 0 Å². The van der Waals surface area contributed by atoms with Gasteiger partial charge in [0, 0.05) is 23.5 Å². The number of ether oxygens (including phenoxy) is 1. The SMILES string of the molecule is CC1=C(C(=O)OCC(C)C)C(c2cccc(NC(=O)c3cccc4ccccc34)c2)N2CCCSC2=N1. The quantitative estimate of drug-likeness (QED) is 0.386. The zero-order valence-corrected chi connectivity index (χ0v) is 22.2. The van der Waals surface area contributed by atoms with E-state index in [2.05, 4.69) is 10.2 Å². The second kappa shape index (κ2) is 10.8. The number of hydrogen-bond donors (Lipinski definition) is 1. The van der Waals surface area contributed by atoms with Crippen LogP contribution in [0.2, 0.25) is 0 Å². The van der Waals surface area contributed by atoms with Crippen LogP contribution in [-0.4, -0.2) is 40.8 Å². The fourth-order valence-electron chi connectivity index (χ4n) is 4.80. The number of nitrogens with one attached hydrogen (secondary N) is 1. The summed E-state index contributed by atoms with van der Waals surface area (Å²) in [5.74, 6) is 0.740. The zero-order chi connectivity index (χ0) is 25.9. The molecule has 5 rings (SSSR count). The fourth-order valence-corrected chi connectivity index (χ4v) is 5.82. The summed E-state index contributed by atoms with van der Waals surface area (Å²) in [5.41, 5.74) is 3.46. The van der Waals surface area contributed by atoms with Crippen LogP contribution in [0.15, 0.2) is 83.0 Å². The topological polar surface area (TPSA) is 71.0 Å². The predicted molar refractivity (Wildman–Crippen MR) is 151 cm³/mol. The van der Waals surface area contributed by atoms with Gasteiger partial charge < -0.3 is 15.0 Å². The summed E-state index contributed by atoms with van der Waals surface area (Å²) in [7, 11) is 0. The van der Waals surface area contributed by atoms with Crippen molar-refractivity contribution in [2.24, 2.45) is 10.9 Å². The minimum absolute atomic E-state index is 0.170. The van der Waals surface area contributed by atoms with Crippen LogP contribution in [0, 0.1) is 5.92 Å². The molecule has 3 aromatic carbocycles. The van der Waals surface area contributed by atoms with Gasteiger partial charge in [-0.15, -0.1) is 0 Å². The Bertz CT molecular complexity index is 1410. The van der Waals surface area contributed by atoms with E-state index in [0.717, 1.165) is 40.2 Å². The summed E-state index contributed by atoms with van der Waals surface area (Å²) in [4.78, 5) is 33.5. The molecular weight excluding hydrogens is 482 g/mol. The second-order valence-corrected chi connectivity index (χ2v) is 10.9. The maximum Gasteiger partial charge on any atom is 0.338 e. The summed E-state index contributed by atoms with van der Waals surface area (Å²) in [6.45, 7) is 7.08. The molecule has 1 unspecified atom stereocenters. The highest BCUT2D eigenvalue weighted by Gasteiger charge is 2.38. The van der Waals surface area contributed by atoms with Crippen molar-refractivity contribution >= 4 is 45.3 Å². The van der Waals surface area contributed by atoms with Gasteiger partial charge in [0.15, 0.2) is 5.17 Å². The molecule has 0 bridgehead atoms. The number of amidine groups is 1. The van der Waals surface area contributed by atoms with Crippen molar-refractivity contribution in [1.82, 2.24) is 4.90 Å². The van der Waals surface area contributed by atoms with Gasteiger partial charge in [-0.3, -0.25) is 4.79 Å². The lowest BCUT2D eigenvalue weighted by atomic mass is 9.94. The third-order valence-corrected chi connectivity index (χ3v) is 7.60. The molecular formula is C30H31N3O3S. The molecule has 3 aromatic rings. The van der Waals surface area contributed by atoms with Gasteiger partial charge in [-0.25, -0.2) is 9.79 Å². The van der Waals surface area contributed by atoms with E-state index < -0.39 is 0 Å². The van der Waals surface area contributed by atoms with Crippen LogP contribution < -0.4 is 5.32 Å². The molecule has 190 valence electrons. The Morgan fingerprint density at radius 2 is 1.89 bits per heavy atom. The minimum Gasteiger partial charge on any atom is -0.462 e. The average molecular weight is 514 g/mol. The van der Waals surface area contributed by atoms with Gasteiger partial charge in [0.1, 0.15) is 0 Å². The number of esters is 1. The molecule has 2 aliphatic heterocycles. The van der Waals surface area contributed by atoms with Gasteiger partial charge in [0.05, 0.1) is 23.9 Å². The van der Waals surface area contributed by atoms with E-state index in [-0.39, 0.29) is 23.8 Å². The van der Waals surface area contributed by atoms with E-state index in [9.17, 15) is 9.59 Å². The van der Waals surface area contributed by atoms with Crippen LogP contribution in [0.1, 0.15) is 49.2 Å². The number of carbonyl (C=O) groups is 2. The van der Waals surface area contributed by atoms with Crippen molar-refractivity contribution in [1.29, 1.82) is 0 Å². The van der Waals surface area contributed by atoms with Crippen LogP contribution in [0.5, 0.6) is 0 Å².